The quantitative estimate of drug-likeness (QED) is 0.0778. The molecule has 4 aromatic carbocycles. The Morgan fingerprint density at radius 3 is 2.38 bits per heavy atom. The third-order valence-corrected chi connectivity index (χ3v) is 9.54. The number of hydrogen-bond acceptors (Lipinski definition) is 4. The maximum Gasteiger partial charge on any atom is 0.164 e. The van der Waals surface area contributed by atoms with Crippen LogP contribution in [0.3, 0.4) is 0 Å². The molecule has 4 nitrogen and oxygen atoms in total. The standard InChI is InChI=1S/C48H43N3O/c1-5-8-9-10-12-19-33(4)46-49-47(34(7-3)18-6-2)51-48(50-46)41-24-17-25-44-45(41)42-32-38(30-31-43(42)52-44)40-23-16-15-22-39(40)37-28-26-36(27-29-37)35-20-13-11-14-21-35/h5-7,10-26,28-32,36H,1,8-9,27H2,2-4H3/b12-10-,18-6-,33-19+,34-7+/t36-/m1/s1. The molecule has 0 amide bonds. The summed E-state index contributed by atoms with van der Waals surface area (Å²) in [7, 11) is 0. The molecular formula is C48H43N3O. The van der Waals surface area contributed by atoms with Gasteiger partial charge in [0, 0.05) is 27.8 Å². The SMILES string of the molecule is C=CCC/C=C\C=C(/C)c1nc(C(/C=C\C)=C/C)nc(-c2cccc3oc4ccc(-c5ccccc5C5=CC[C@H](c6ccccc6)C=C5)cc4c23)n1. The highest BCUT2D eigenvalue weighted by Gasteiger charge is 2.19. The van der Waals surface area contributed by atoms with E-state index in [0.717, 1.165) is 63.5 Å². The first-order chi connectivity index (χ1) is 25.6. The molecular weight excluding hydrogens is 635 g/mol. The molecule has 0 N–H and O–H groups in total. The number of nitrogens with zero attached hydrogens (tertiary/aromatic N) is 3. The number of allylic oxidation sites excluding steroid dienone is 13. The largest absolute Gasteiger partial charge is 0.456 e. The van der Waals surface area contributed by atoms with Crippen molar-refractivity contribution in [3.8, 4) is 22.5 Å². The molecule has 7 rings (SSSR count). The molecule has 1 atom stereocenters. The summed E-state index contributed by atoms with van der Waals surface area (Å²) < 4.78 is 6.46. The van der Waals surface area contributed by atoms with E-state index in [1.807, 2.05) is 57.2 Å². The zero-order valence-electron chi connectivity index (χ0n) is 30.1. The van der Waals surface area contributed by atoms with Crippen LogP contribution >= 0.6 is 0 Å². The van der Waals surface area contributed by atoms with E-state index >= 15 is 0 Å². The Kier molecular flexibility index (Phi) is 10.4. The van der Waals surface area contributed by atoms with E-state index in [1.54, 1.807) is 0 Å². The summed E-state index contributed by atoms with van der Waals surface area (Å²) in [6.45, 7) is 9.88. The number of furan rings is 1. The predicted molar refractivity (Wildman–Crippen MR) is 220 cm³/mol. The fourth-order valence-electron chi connectivity index (χ4n) is 6.81. The Morgan fingerprint density at radius 2 is 1.62 bits per heavy atom. The van der Waals surface area contributed by atoms with Crippen molar-refractivity contribution in [3.05, 3.63) is 181 Å². The second-order valence-electron chi connectivity index (χ2n) is 13.0. The summed E-state index contributed by atoms with van der Waals surface area (Å²) >= 11 is 0. The summed E-state index contributed by atoms with van der Waals surface area (Å²) in [4.78, 5) is 15.1. The zero-order valence-corrected chi connectivity index (χ0v) is 30.1. The molecule has 0 aliphatic heterocycles. The molecule has 0 saturated heterocycles. The monoisotopic (exact) mass is 677 g/mol. The molecule has 0 unspecified atom stereocenters. The van der Waals surface area contributed by atoms with Crippen LogP contribution in [-0.2, 0) is 0 Å². The fourth-order valence-corrected chi connectivity index (χ4v) is 6.81. The molecule has 1 aliphatic rings. The first kappa shape index (κ1) is 34.3. The number of benzene rings is 4. The maximum absolute atomic E-state index is 6.46. The molecule has 2 aromatic heterocycles. The van der Waals surface area contributed by atoms with Gasteiger partial charge in [-0.3, -0.25) is 0 Å². The molecule has 1 aliphatic carbocycles. The van der Waals surface area contributed by atoms with E-state index in [9.17, 15) is 0 Å². The van der Waals surface area contributed by atoms with E-state index in [0.29, 0.717) is 23.4 Å². The molecule has 0 fully saturated rings. The van der Waals surface area contributed by atoms with Gasteiger partial charge in [0.2, 0.25) is 0 Å². The van der Waals surface area contributed by atoms with Crippen molar-refractivity contribution >= 4 is 38.7 Å². The third-order valence-electron chi connectivity index (χ3n) is 9.54. The summed E-state index contributed by atoms with van der Waals surface area (Å²) in [5, 5.41) is 2.01. The summed E-state index contributed by atoms with van der Waals surface area (Å²) in [5.74, 6) is 2.27. The highest BCUT2D eigenvalue weighted by molar-refractivity contribution is 6.13. The lowest BCUT2D eigenvalue weighted by Crippen LogP contribution is -2.04. The van der Waals surface area contributed by atoms with Crippen LogP contribution in [0.15, 0.2) is 163 Å². The van der Waals surface area contributed by atoms with Crippen molar-refractivity contribution in [1.29, 1.82) is 0 Å². The molecule has 0 bridgehead atoms. The topological polar surface area (TPSA) is 51.8 Å². The zero-order chi connectivity index (χ0) is 35.9. The van der Waals surface area contributed by atoms with Crippen LogP contribution in [0, 0.1) is 0 Å². The summed E-state index contributed by atoms with van der Waals surface area (Å²) in [5.41, 5.74) is 10.5. The van der Waals surface area contributed by atoms with E-state index < -0.39 is 0 Å². The van der Waals surface area contributed by atoms with Gasteiger partial charge in [0.05, 0.1) is 0 Å². The van der Waals surface area contributed by atoms with Crippen molar-refractivity contribution in [2.24, 2.45) is 0 Å². The molecule has 0 radical (unpaired) electrons. The molecule has 52 heavy (non-hydrogen) atoms. The Labute approximate surface area is 306 Å². The van der Waals surface area contributed by atoms with Gasteiger partial charge in [0.25, 0.3) is 0 Å². The second-order valence-corrected chi connectivity index (χ2v) is 13.0. The summed E-state index contributed by atoms with van der Waals surface area (Å²) in [6, 6.07) is 32.0. The number of hydrogen-bond donors (Lipinski definition) is 0. The first-order valence-corrected chi connectivity index (χ1v) is 18.1. The second kappa shape index (κ2) is 15.8. The van der Waals surface area contributed by atoms with Crippen molar-refractivity contribution in [2.45, 2.75) is 46.0 Å². The van der Waals surface area contributed by atoms with Crippen LogP contribution < -0.4 is 0 Å². The summed E-state index contributed by atoms with van der Waals surface area (Å²) in [6.07, 6.45) is 24.1. The van der Waals surface area contributed by atoms with Crippen molar-refractivity contribution in [3.63, 3.8) is 0 Å². The van der Waals surface area contributed by atoms with Gasteiger partial charge in [-0.25, -0.2) is 15.0 Å². The lowest BCUT2D eigenvalue weighted by atomic mass is 9.86. The normalized spacial score (nSPS) is 15.3. The predicted octanol–water partition coefficient (Wildman–Crippen LogP) is 13.1. The van der Waals surface area contributed by atoms with Gasteiger partial charge in [0.1, 0.15) is 11.2 Å². The average Bonchev–Trinajstić information content (AvgIpc) is 3.58. The Hall–Kier alpha value is -6.13. The van der Waals surface area contributed by atoms with Crippen molar-refractivity contribution < 1.29 is 4.42 Å². The van der Waals surface area contributed by atoms with Gasteiger partial charge >= 0.3 is 0 Å². The van der Waals surface area contributed by atoms with Gasteiger partial charge in [-0.15, -0.1) is 6.58 Å². The number of unbranched alkanes of at least 4 members (excludes halogenated alkanes) is 1. The average molecular weight is 678 g/mol. The fraction of sp³-hybridized carbons (Fsp3) is 0.146. The van der Waals surface area contributed by atoms with Gasteiger partial charge in [-0.2, -0.15) is 0 Å². The minimum atomic E-state index is 0.389. The smallest absolute Gasteiger partial charge is 0.164 e. The van der Waals surface area contributed by atoms with Crippen LogP contribution in [-0.4, -0.2) is 15.0 Å². The van der Waals surface area contributed by atoms with Crippen molar-refractivity contribution in [2.75, 3.05) is 0 Å². The van der Waals surface area contributed by atoms with Gasteiger partial charge in [0.15, 0.2) is 17.5 Å². The van der Waals surface area contributed by atoms with Gasteiger partial charge in [-0.05, 0) is 91.6 Å². The first-order valence-electron chi connectivity index (χ1n) is 18.1. The Morgan fingerprint density at radius 1 is 0.827 bits per heavy atom. The third kappa shape index (κ3) is 7.19. The van der Waals surface area contributed by atoms with Crippen molar-refractivity contribution in [1.82, 2.24) is 15.0 Å². The van der Waals surface area contributed by atoms with E-state index in [-0.39, 0.29) is 0 Å². The number of fused-ring (bicyclic) bond motifs is 3. The minimum Gasteiger partial charge on any atom is -0.456 e. The molecule has 4 heteroatoms. The van der Waals surface area contributed by atoms with E-state index in [4.69, 9.17) is 19.4 Å². The molecule has 0 spiro atoms. The number of aromatic nitrogens is 3. The lowest BCUT2D eigenvalue weighted by Gasteiger charge is -2.18. The van der Waals surface area contributed by atoms with E-state index in [1.165, 1.54) is 22.3 Å². The van der Waals surface area contributed by atoms with Crippen LogP contribution in [0.1, 0.15) is 68.7 Å². The molecule has 2 heterocycles. The van der Waals surface area contributed by atoms with Gasteiger partial charge < -0.3 is 4.42 Å². The molecule has 256 valence electrons. The number of rotatable bonds is 11. The lowest BCUT2D eigenvalue weighted by molar-refractivity contribution is 0.669. The van der Waals surface area contributed by atoms with Crippen LogP contribution in [0.5, 0.6) is 0 Å². The highest BCUT2D eigenvalue weighted by atomic mass is 16.3. The maximum atomic E-state index is 6.46. The van der Waals surface area contributed by atoms with E-state index in [2.05, 4.69) is 122 Å². The van der Waals surface area contributed by atoms with Crippen LogP contribution in [0.25, 0.3) is 61.2 Å². The molecule has 6 aromatic rings. The Bertz CT molecular complexity index is 2440. The van der Waals surface area contributed by atoms with Crippen LogP contribution in [0.2, 0.25) is 0 Å². The minimum absolute atomic E-state index is 0.389. The Balaban J connectivity index is 1.32. The molecule has 0 saturated carbocycles. The van der Waals surface area contributed by atoms with Gasteiger partial charge in [-0.1, -0.05) is 134 Å². The van der Waals surface area contributed by atoms with Crippen LogP contribution in [0.4, 0.5) is 0 Å². The highest BCUT2D eigenvalue weighted by Crippen LogP contribution is 2.40.